The molecule has 1 aliphatic rings. The molecule has 0 aromatic carbocycles. The Bertz CT molecular complexity index is 414. The van der Waals surface area contributed by atoms with E-state index in [0.717, 1.165) is 16.7 Å². The number of anilines is 1. The number of halogens is 3. The van der Waals surface area contributed by atoms with E-state index in [1.807, 2.05) is 6.92 Å². The second-order valence-electron chi connectivity index (χ2n) is 4.70. The van der Waals surface area contributed by atoms with E-state index in [9.17, 15) is 13.2 Å². The number of aromatic nitrogens is 2. The summed E-state index contributed by atoms with van der Waals surface area (Å²) in [4.78, 5) is 3.56. The predicted octanol–water partition coefficient (Wildman–Crippen LogP) is 1.65. The molecule has 1 aliphatic heterocycles. The van der Waals surface area contributed by atoms with Gasteiger partial charge in [-0.3, -0.25) is 9.80 Å². The van der Waals surface area contributed by atoms with E-state index in [4.69, 9.17) is 0 Å². The Hall–Kier alpha value is -0.930. The maximum Gasteiger partial charge on any atom is 0.401 e. The van der Waals surface area contributed by atoms with Gasteiger partial charge in [0.05, 0.1) is 13.1 Å². The topological polar surface area (TPSA) is 44.3 Å². The molecule has 1 aromatic heterocycles. The smallest absolute Gasteiger partial charge is 0.360 e. The number of nitrogens with zero attached hydrogens (tertiary/aromatic N) is 4. The third-order valence-electron chi connectivity index (χ3n) is 3.02. The van der Waals surface area contributed by atoms with Gasteiger partial charge in [-0.2, -0.15) is 13.2 Å². The first-order valence-electron chi connectivity index (χ1n) is 6.54. The first kappa shape index (κ1) is 15.5. The van der Waals surface area contributed by atoms with Crippen LogP contribution in [0, 0.1) is 0 Å². The normalized spacial score (nSPS) is 18.4. The molecule has 20 heavy (non-hydrogen) atoms. The van der Waals surface area contributed by atoms with Gasteiger partial charge in [0.15, 0.2) is 0 Å². The molecule has 0 aliphatic carbocycles. The molecule has 1 N–H and O–H groups in total. The molecule has 0 spiro atoms. The number of hydrogen-bond acceptors (Lipinski definition) is 6. The number of nitrogens with one attached hydrogen (secondary N) is 1. The Kier molecular flexibility index (Phi) is 5.17. The first-order chi connectivity index (χ1) is 9.46. The molecular weight excluding hydrogens is 291 g/mol. The fourth-order valence-electron chi connectivity index (χ4n) is 2.09. The summed E-state index contributed by atoms with van der Waals surface area (Å²) < 4.78 is 36.8. The molecule has 2 heterocycles. The van der Waals surface area contributed by atoms with Crippen LogP contribution in [0.3, 0.4) is 0 Å². The zero-order chi connectivity index (χ0) is 14.6. The molecule has 5 nitrogen and oxygen atoms in total. The van der Waals surface area contributed by atoms with Crippen LogP contribution in [0.1, 0.15) is 11.9 Å². The van der Waals surface area contributed by atoms with Gasteiger partial charge >= 0.3 is 6.18 Å². The summed E-state index contributed by atoms with van der Waals surface area (Å²) in [7, 11) is 0. The lowest BCUT2D eigenvalue weighted by Crippen LogP contribution is -2.48. The summed E-state index contributed by atoms with van der Waals surface area (Å²) in [5, 5.41) is 12.9. The highest BCUT2D eigenvalue weighted by atomic mass is 32.1. The summed E-state index contributed by atoms with van der Waals surface area (Å²) in [6.45, 7) is 4.77. The van der Waals surface area contributed by atoms with Crippen molar-refractivity contribution in [1.82, 2.24) is 20.0 Å². The van der Waals surface area contributed by atoms with E-state index in [2.05, 4.69) is 20.4 Å². The minimum absolute atomic E-state index is 0.443. The van der Waals surface area contributed by atoms with Gasteiger partial charge in [-0.25, -0.2) is 0 Å². The molecule has 0 atom stereocenters. The van der Waals surface area contributed by atoms with Crippen LogP contribution in [-0.2, 0) is 6.54 Å². The van der Waals surface area contributed by atoms with Gasteiger partial charge in [0.25, 0.3) is 0 Å². The highest BCUT2D eigenvalue weighted by Crippen LogP contribution is 2.19. The van der Waals surface area contributed by atoms with Crippen molar-refractivity contribution >= 4 is 16.5 Å². The predicted molar refractivity (Wildman–Crippen MR) is 71.8 cm³/mol. The van der Waals surface area contributed by atoms with Gasteiger partial charge in [-0.1, -0.05) is 11.3 Å². The lowest BCUT2D eigenvalue weighted by molar-refractivity contribution is -0.149. The van der Waals surface area contributed by atoms with Gasteiger partial charge < -0.3 is 5.32 Å². The zero-order valence-corrected chi connectivity index (χ0v) is 12.1. The van der Waals surface area contributed by atoms with Gasteiger partial charge in [-0.15, -0.1) is 10.2 Å². The standard InChI is InChI=1S/C11H18F3N5S/c1-2-15-10-17-16-9(20-10)7-18-3-5-19(6-4-18)8-11(12,13)14/h2-8H2,1H3,(H,15,17). The molecule has 0 radical (unpaired) electrons. The van der Waals surface area contributed by atoms with E-state index in [1.54, 1.807) is 0 Å². The molecular formula is C11H18F3N5S. The van der Waals surface area contributed by atoms with Gasteiger partial charge in [0.1, 0.15) is 5.01 Å². The summed E-state index contributed by atoms with van der Waals surface area (Å²) in [5.74, 6) is 0. The van der Waals surface area contributed by atoms with Crippen molar-refractivity contribution in [2.24, 2.45) is 0 Å². The van der Waals surface area contributed by atoms with Crippen molar-refractivity contribution < 1.29 is 13.2 Å². The average Bonchev–Trinajstić information content (AvgIpc) is 2.78. The number of hydrogen-bond donors (Lipinski definition) is 1. The number of rotatable bonds is 5. The molecule has 9 heteroatoms. The molecule has 0 unspecified atom stereocenters. The molecule has 2 rings (SSSR count). The van der Waals surface area contributed by atoms with Crippen LogP contribution in [0.25, 0.3) is 0 Å². The van der Waals surface area contributed by atoms with E-state index >= 15 is 0 Å². The van der Waals surface area contributed by atoms with Crippen LogP contribution < -0.4 is 5.32 Å². The molecule has 1 fully saturated rings. The lowest BCUT2D eigenvalue weighted by atomic mass is 10.3. The minimum Gasteiger partial charge on any atom is -0.360 e. The van der Waals surface area contributed by atoms with Crippen molar-refractivity contribution in [3.8, 4) is 0 Å². The molecule has 1 saturated heterocycles. The monoisotopic (exact) mass is 309 g/mol. The highest BCUT2D eigenvalue weighted by Gasteiger charge is 2.32. The van der Waals surface area contributed by atoms with Crippen molar-refractivity contribution in [3.05, 3.63) is 5.01 Å². The SMILES string of the molecule is CCNc1nnc(CN2CCN(CC(F)(F)F)CC2)s1. The molecule has 0 bridgehead atoms. The van der Waals surface area contributed by atoms with E-state index < -0.39 is 12.7 Å². The van der Waals surface area contributed by atoms with E-state index in [-0.39, 0.29) is 0 Å². The van der Waals surface area contributed by atoms with Crippen LogP contribution in [0.5, 0.6) is 0 Å². The van der Waals surface area contributed by atoms with Crippen LogP contribution in [-0.4, -0.2) is 65.4 Å². The van der Waals surface area contributed by atoms with E-state index in [0.29, 0.717) is 32.7 Å². The van der Waals surface area contributed by atoms with Crippen LogP contribution in [0.15, 0.2) is 0 Å². The van der Waals surface area contributed by atoms with Crippen LogP contribution >= 0.6 is 11.3 Å². The second kappa shape index (κ2) is 6.68. The Balaban J connectivity index is 1.76. The van der Waals surface area contributed by atoms with Crippen molar-refractivity contribution in [2.75, 3.05) is 44.6 Å². The molecule has 1 aromatic rings. The van der Waals surface area contributed by atoms with Crippen molar-refractivity contribution in [1.29, 1.82) is 0 Å². The van der Waals surface area contributed by atoms with Gasteiger partial charge in [0.2, 0.25) is 5.13 Å². The Labute approximate surface area is 119 Å². The maximum atomic E-state index is 12.3. The maximum absolute atomic E-state index is 12.3. The molecule has 0 amide bonds. The molecule has 0 saturated carbocycles. The summed E-state index contributed by atoms with van der Waals surface area (Å²) in [5.41, 5.74) is 0. The fraction of sp³-hybridized carbons (Fsp3) is 0.818. The second-order valence-corrected chi connectivity index (χ2v) is 5.76. The molecule has 114 valence electrons. The minimum atomic E-state index is -4.11. The Morgan fingerprint density at radius 3 is 2.40 bits per heavy atom. The third kappa shape index (κ3) is 4.88. The lowest BCUT2D eigenvalue weighted by Gasteiger charge is -2.34. The van der Waals surface area contributed by atoms with E-state index in [1.165, 1.54) is 16.2 Å². The Morgan fingerprint density at radius 1 is 1.15 bits per heavy atom. The van der Waals surface area contributed by atoms with Crippen LogP contribution in [0.2, 0.25) is 0 Å². The van der Waals surface area contributed by atoms with Crippen molar-refractivity contribution in [3.63, 3.8) is 0 Å². The number of alkyl halides is 3. The zero-order valence-electron chi connectivity index (χ0n) is 11.3. The summed E-state index contributed by atoms with van der Waals surface area (Å²) in [6.07, 6.45) is -4.11. The highest BCUT2D eigenvalue weighted by molar-refractivity contribution is 7.15. The fourth-order valence-corrected chi connectivity index (χ4v) is 2.94. The third-order valence-corrected chi connectivity index (χ3v) is 3.89. The van der Waals surface area contributed by atoms with Crippen molar-refractivity contribution in [2.45, 2.75) is 19.6 Å². The van der Waals surface area contributed by atoms with Crippen LogP contribution in [0.4, 0.5) is 18.3 Å². The first-order valence-corrected chi connectivity index (χ1v) is 7.35. The largest absolute Gasteiger partial charge is 0.401 e. The Morgan fingerprint density at radius 2 is 1.80 bits per heavy atom. The summed E-state index contributed by atoms with van der Waals surface area (Å²) >= 11 is 1.49. The number of piperazine rings is 1. The quantitative estimate of drug-likeness (QED) is 0.896. The summed E-state index contributed by atoms with van der Waals surface area (Å²) in [6, 6.07) is 0. The van der Waals surface area contributed by atoms with Gasteiger partial charge in [-0.05, 0) is 6.92 Å². The van der Waals surface area contributed by atoms with Gasteiger partial charge in [0, 0.05) is 32.7 Å². The average molecular weight is 309 g/mol.